The Morgan fingerprint density at radius 3 is 2.71 bits per heavy atom. The van der Waals surface area contributed by atoms with Crippen molar-refractivity contribution < 1.29 is 9.13 Å². The first-order valence-electron chi connectivity index (χ1n) is 12.3. The molecule has 0 aliphatic carbocycles. The van der Waals surface area contributed by atoms with E-state index in [4.69, 9.17) is 9.72 Å². The molecule has 0 atom stereocenters. The fourth-order valence-electron chi connectivity index (χ4n) is 4.53. The van der Waals surface area contributed by atoms with Crippen LogP contribution in [0.1, 0.15) is 5.82 Å². The van der Waals surface area contributed by atoms with Crippen LogP contribution in [0.4, 0.5) is 4.39 Å². The Bertz CT molecular complexity index is 1780. The average Bonchev–Trinajstić information content (AvgIpc) is 3.59. The number of aryl methyl sites for hydroxylation is 1. The summed E-state index contributed by atoms with van der Waals surface area (Å²) < 4.78 is 22.4. The average molecular weight is 511 g/mol. The number of pyridine rings is 2. The van der Waals surface area contributed by atoms with Crippen LogP contribution < -0.4 is 4.74 Å². The van der Waals surface area contributed by atoms with Gasteiger partial charge in [-0.1, -0.05) is 0 Å². The molecule has 9 nitrogen and oxygen atoms in total. The van der Waals surface area contributed by atoms with E-state index in [-0.39, 0.29) is 5.82 Å². The topological polar surface area (TPSA) is 101 Å². The highest BCUT2D eigenvalue weighted by molar-refractivity contribution is 6.00. The lowest BCUT2D eigenvalue weighted by molar-refractivity contribution is 0.260. The highest BCUT2D eigenvalue weighted by Crippen LogP contribution is 2.35. The molecule has 1 aromatic carbocycles. The summed E-state index contributed by atoms with van der Waals surface area (Å²) in [4.78, 5) is 19.1. The summed E-state index contributed by atoms with van der Waals surface area (Å²) in [5, 5.41) is 8.53. The molecule has 0 aliphatic rings. The van der Waals surface area contributed by atoms with Crippen LogP contribution in [0, 0.1) is 12.7 Å². The third-order valence-electron chi connectivity index (χ3n) is 6.68. The number of likely N-dealkylation sites (N-methyl/N-ethyl adjacent to an activating group) is 1. The van der Waals surface area contributed by atoms with E-state index >= 15 is 0 Å². The van der Waals surface area contributed by atoms with E-state index in [9.17, 15) is 4.39 Å². The standard InChI is InChI=1S/C28H27FN8O/c1-16-31-15-26(37(16)4)22-5-6-23-27(33-22)28(35-34-23)24-12-20-21(13-30-14-25(20)32-24)17-9-18(29)11-19(10-17)38-8-7-36(2)3/h5-6,9-15,32H,7-8H2,1-4H3,(H,34,35). The van der Waals surface area contributed by atoms with Crippen molar-refractivity contribution in [3.63, 3.8) is 0 Å². The zero-order valence-electron chi connectivity index (χ0n) is 21.6. The van der Waals surface area contributed by atoms with Crippen molar-refractivity contribution >= 4 is 21.9 Å². The Morgan fingerprint density at radius 2 is 1.92 bits per heavy atom. The van der Waals surface area contributed by atoms with Crippen molar-refractivity contribution in [3.8, 4) is 39.7 Å². The van der Waals surface area contributed by atoms with Crippen LogP contribution in [0.15, 0.2) is 55.0 Å². The quantitative estimate of drug-likeness (QED) is 0.315. The minimum atomic E-state index is -0.365. The van der Waals surface area contributed by atoms with Gasteiger partial charge in [-0.05, 0) is 56.9 Å². The summed E-state index contributed by atoms with van der Waals surface area (Å²) in [5.41, 5.74) is 7.06. The van der Waals surface area contributed by atoms with Crippen molar-refractivity contribution in [3.05, 3.63) is 66.6 Å². The molecule has 0 aliphatic heterocycles. The van der Waals surface area contributed by atoms with Gasteiger partial charge < -0.3 is 19.2 Å². The predicted molar refractivity (Wildman–Crippen MR) is 145 cm³/mol. The number of H-pyrrole nitrogens is 2. The minimum Gasteiger partial charge on any atom is -0.492 e. The first-order valence-corrected chi connectivity index (χ1v) is 12.3. The van der Waals surface area contributed by atoms with Crippen LogP contribution in [0.5, 0.6) is 5.75 Å². The van der Waals surface area contributed by atoms with Crippen LogP contribution in [-0.2, 0) is 7.05 Å². The number of ether oxygens (including phenoxy) is 1. The van der Waals surface area contributed by atoms with Gasteiger partial charge in [0.05, 0.1) is 40.5 Å². The molecule has 6 rings (SSSR count). The molecule has 0 bridgehead atoms. The van der Waals surface area contributed by atoms with E-state index in [0.717, 1.165) is 57.0 Å². The third kappa shape index (κ3) is 4.28. The van der Waals surface area contributed by atoms with Crippen LogP contribution in [0.3, 0.4) is 0 Å². The van der Waals surface area contributed by atoms with Gasteiger partial charge in [0.2, 0.25) is 0 Å². The SMILES string of the molecule is Cc1ncc(-c2ccc3[nH]nc(-c4cc5c(-c6cc(F)cc(OCCN(C)C)c6)cncc5[nH]4)c3n2)n1C. The molecule has 38 heavy (non-hydrogen) atoms. The molecule has 0 fully saturated rings. The molecule has 0 saturated carbocycles. The number of hydrogen-bond acceptors (Lipinski definition) is 6. The molecule has 0 radical (unpaired) electrons. The number of rotatable bonds is 7. The number of fused-ring (bicyclic) bond motifs is 2. The Balaban J connectivity index is 1.41. The van der Waals surface area contributed by atoms with Gasteiger partial charge in [-0.3, -0.25) is 10.1 Å². The number of aromatic nitrogens is 7. The Hall–Kier alpha value is -4.57. The summed E-state index contributed by atoms with van der Waals surface area (Å²) in [5.74, 6) is 1.03. The lowest BCUT2D eigenvalue weighted by Gasteiger charge is -2.12. The van der Waals surface area contributed by atoms with Gasteiger partial charge in [0, 0.05) is 36.8 Å². The van der Waals surface area contributed by atoms with Crippen molar-refractivity contribution in [1.82, 2.24) is 39.6 Å². The van der Waals surface area contributed by atoms with Gasteiger partial charge >= 0.3 is 0 Å². The van der Waals surface area contributed by atoms with Gasteiger partial charge in [-0.25, -0.2) is 14.4 Å². The number of imidazole rings is 1. The summed E-state index contributed by atoms with van der Waals surface area (Å²) >= 11 is 0. The van der Waals surface area contributed by atoms with Crippen molar-refractivity contribution in [2.75, 3.05) is 27.2 Å². The van der Waals surface area contributed by atoms with Gasteiger partial charge in [0.15, 0.2) is 0 Å². The molecular weight excluding hydrogens is 483 g/mol. The van der Waals surface area contributed by atoms with Crippen molar-refractivity contribution in [2.24, 2.45) is 7.05 Å². The Kier molecular flexibility index (Phi) is 5.88. The first-order chi connectivity index (χ1) is 18.4. The van der Waals surface area contributed by atoms with Crippen LogP contribution in [-0.4, -0.2) is 66.8 Å². The summed E-state index contributed by atoms with van der Waals surface area (Å²) in [7, 11) is 5.90. The van der Waals surface area contributed by atoms with E-state index in [1.807, 2.05) is 68.0 Å². The molecule has 0 amide bonds. The van der Waals surface area contributed by atoms with E-state index < -0.39 is 0 Å². The zero-order chi connectivity index (χ0) is 26.4. The second kappa shape index (κ2) is 9.38. The molecule has 10 heteroatoms. The number of hydrogen-bond donors (Lipinski definition) is 2. The van der Waals surface area contributed by atoms with Crippen LogP contribution in [0.2, 0.25) is 0 Å². The van der Waals surface area contributed by atoms with Crippen molar-refractivity contribution in [1.29, 1.82) is 0 Å². The molecule has 5 heterocycles. The Labute approximate surface area is 218 Å². The fourth-order valence-corrected chi connectivity index (χ4v) is 4.53. The van der Waals surface area contributed by atoms with Crippen LogP contribution in [0.25, 0.3) is 55.8 Å². The molecular formula is C28H27FN8O. The maximum atomic E-state index is 14.6. The van der Waals surface area contributed by atoms with Gasteiger partial charge in [-0.2, -0.15) is 5.10 Å². The number of halogens is 1. The lowest BCUT2D eigenvalue weighted by atomic mass is 10.0. The molecule has 2 N–H and O–H groups in total. The third-order valence-corrected chi connectivity index (χ3v) is 6.68. The monoisotopic (exact) mass is 510 g/mol. The number of nitrogens with one attached hydrogen (secondary N) is 2. The van der Waals surface area contributed by atoms with E-state index in [1.54, 1.807) is 12.4 Å². The van der Waals surface area contributed by atoms with Crippen molar-refractivity contribution in [2.45, 2.75) is 6.92 Å². The minimum absolute atomic E-state index is 0.365. The number of aromatic amines is 2. The predicted octanol–water partition coefficient (Wildman–Crippen LogP) is 4.96. The fraction of sp³-hybridized carbons (Fsp3) is 0.214. The molecule has 0 spiro atoms. The number of nitrogens with zero attached hydrogens (tertiary/aromatic N) is 6. The Morgan fingerprint density at radius 1 is 1.05 bits per heavy atom. The second-order valence-electron chi connectivity index (χ2n) is 9.57. The molecule has 0 saturated heterocycles. The maximum absolute atomic E-state index is 14.6. The molecule has 192 valence electrons. The maximum Gasteiger partial charge on any atom is 0.135 e. The number of benzene rings is 1. The normalized spacial score (nSPS) is 11.7. The van der Waals surface area contributed by atoms with E-state index in [2.05, 4.69) is 25.1 Å². The van der Waals surface area contributed by atoms with Gasteiger partial charge in [-0.15, -0.1) is 0 Å². The van der Waals surface area contributed by atoms with Gasteiger partial charge in [0.25, 0.3) is 0 Å². The first kappa shape index (κ1) is 23.8. The highest BCUT2D eigenvalue weighted by Gasteiger charge is 2.17. The molecule has 6 aromatic rings. The largest absolute Gasteiger partial charge is 0.492 e. The smallest absolute Gasteiger partial charge is 0.135 e. The van der Waals surface area contributed by atoms with Gasteiger partial charge in [0.1, 0.15) is 35.2 Å². The molecule has 0 unspecified atom stereocenters. The van der Waals surface area contributed by atoms with E-state index in [1.165, 1.54) is 12.1 Å². The van der Waals surface area contributed by atoms with E-state index in [0.29, 0.717) is 23.6 Å². The highest BCUT2D eigenvalue weighted by atomic mass is 19.1. The summed E-state index contributed by atoms with van der Waals surface area (Å²) in [6.07, 6.45) is 5.31. The zero-order valence-corrected chi connectivity index (χ0v) is 21.6. The molecule has 5 aromatic heterocycles. The van der Waals surface area contributed by atoms with Crippen LogP contribution >= 0.6 is 0 Å². The summed E-state index contributed by atoms with van der Waals surface area (Å²) in [6.45, 7) is 3.16. The second-order valence-corrected chi connectivity index (χ2v) is 9.57. The summed E-state index contributed by atoms with van der Waals surface area (Å²) in [6, 6.07) is 10.7. The lowest BCUT2D eigenvalue weighted by Crippen LogP contribution is -2.19.